The largest absolute Gasteiger partial charge is 0.379 e. The van der Waals surface area contributed by atoms with E-state index in [-0.39, 0.29) is 5.92 Å². The van der Waals surface area contributed by atoms with Crippen molar-refractivity contribution in [3.8, 4) is 0 Å². The number of piperidine rings is 1. The number of aryl methyl sites for hydroxylation is 1. The van der Waals surface area contributed by atoms with E-state index in [1.54, 1.807) is 8.61 Å². The maximum atomic E-state index is 12.8. The zero-order valence-corrected chi connectivity index (χ0v) is 13.8. The van der Waals surface area contributed by atoms with Gasteiger partial charge in [-0.15, -0.1) is 0 Å². The van der Waals surface area contributed by atoms with Gasteiger partial charge >= 0.3 is 0 Å². The molecule has 122 valence electrons. The lowest BCUT2D eigenvalue weighted by Gasteiger charge is -2.36. The SMILES string of the molecule is Cc1cccc([C@@H]2CCCN(S(=O)(=O)N3CCOCC3)C2)n1. The van der Waals surface area contributed by atoms with Crippen LogP contribution in [0, 0.1) is 6.92 Å². The maximum Gasteiger partial charge on any atom is 0.282 e. The molecular weight excluding hydrogens is 302 g/mol. The Hall–Kier alpha value is -1.02. The molecule has 1 atom stereocenters. The second-order valence-corrected chi connectivity index (χ2v) is 7.85. The number of hydrogen-bond acceptors (Lipinski definition) is 4. The first-order chi connectivity index (χ1) is 10.6. The first-order valence-corrected chi connectivity index (χ1v) is 9.23. The molecule has 1 aromatic rings. The molecule has 0 aromatic carbocycles. The van der Waals surface area contributed by atoms with Crippen molar-refractivity contribution in [3.05, 3.63) is 29.6 Å². The molecule has 6 nitrogen and oxygen atoms in total. The Kier molecular flexibility index (Phi) is 4.77. The molecule has 7 heteroatoms. The van der Waals surface area contributed by atoms with Crippen molar-refractivity contribution in [3.63, 3.8) is 0 Å². The van der Waals surface area contributed by atoms with Gasteiger partial charge in [0.1, 0.15) is 0 Å². The zero-order chi connectivity index (χ0) is 15.6. The molecule has 1 aromatic heterocycles. The second-order valence-electron chi connectivity index (χ2n) is 5.92. The van der Waals surface area contributed by atoms with Crippen molar-refractivity contribution in [2.75, 3.05) is 39.4 Å². The van der Waals surface area contributed by atoms with Gasteiger partial charge < -0.3 is 4.74 Å². The molecule has 3 rings (SSSR count). The Morgan fingerprint density at radius 1 is 1.18 bits per heavy atom. The highest BCUT2D eigenvalue weighted by molar-refractivity contribution is 7.86. The predicted octanol–water partition coefficient (Wildman–Crippen LogP) is 1.15. The summed E-state index contributed by atoms with van der Waals surface area (Å²) in [6.45, 7) is 4.96. The van der Waals surface area contributed by atoms with Crippen LogP contribution in [0.3, 0.4) is 0 Å². The van der Waals surface area contributed by atoms with Gasteiger partial charge in [0.15, 0.2) is 0 Å². The highest BCUT2D eigenvalue weighted by Crippen LogP contribution is 2.28. The molecule has 2 aliphatic rings. The van der Waals surface area contributed by atoms with Gasteiger partial charge in [0.05, 0.1) is 13.2 Å². The Balaban J connectivity index is 1.75. The van der Waals surface area contributed by atoms with Gasteiger partial charge in [-0.2, -0.15) is 17.0 Å². The minimum absolute atomic E-state index is 0.185. The normalized spacial score (nSPS) is 25.2. The topological polar surface area (TPSA) is 62.7 Å². The molecule has 0 N–H and O–H groups in total. The van der Waals surface area contributed by atoms with E-state index in [0.29, 0.717) is 39.4 Å². The number of hydrogen-bond donors (Lipinski definition) is 0. The van der Waals surface area contributed by atoms with Crippen LogP contribution >= 0.6 is 0 Å². The molecule has 3 heterocycles. The molecule has 22 heavy (non-hydrogen) atoms. The average molecular weight is 325 g/mol. The Bertz CT molecular complexity index is 614. The van der Waals surface area contributed by atoms with Gasteiger partial charge in [-0.25, -0.2) is 0 Å². The zero-order valence-electron chi connectivity index (χ0n) is 12.9. The summed E-state index contributed by atoms with van der Waals surface area (Å²) >= 11 is 0. The molecule has 0 amide bonds. The Labute approximate surface area is 132 Å². The van der Waals surface area contributed by atoms with Gasteiger partial charge in [0.2, 0.25) is 0 Å². The fourth-order valence-corrected chi connectivity index (χ4v) is 4.79. The molecule has 2 saturated heterocycles. The summed E-state index contributed by atoms with van der Waals surface area (Å²) in [6, 6.07) is 5.96. The summed E-state index contributed by atoms with van der Waals surface area (Å²) in [4.78, 5) is 4.57. The van der Waals surface area contributed by atoms with Crippen molar-refractivity contribution < 1.29 is 13.2 Å². The summed E-state index contributed by atoms with van der Waals surface area (Å²) in [6.07, 6.45) is 1.87. The Morgan fingerprint density at radius 3 is 2.68 bits per heavy atom. The third kappa shape index (κ3) is 3.32. The van der Waals surface area contributed by atoms with Crippen molar-refractivity contribution in [1.29, 1.82) is 0 Å². The average Bonchev–Trinajstić information content (AvgIpc) is 2.56. The van der Waals surface area contributed by atoms with E-state index in [9.17, 15) is 8.42 Å². The van der Waals surface area contributed by atoms with Gasteiger partial charge in [-0.05, 0) is 31.9 Å². The third-order valence-corrected chi connectivity index (χ3v) is 6.34. The van der Waals surface area contributed by atoms with Gasteiger partial charge in [0.25, 0.3) is 10.2 Å². The minimum Gasteiger partial charge on any atom is -0.379 e. The molecule has 0 saturated carbocycles. The van der Waals surface area contributed by atoms with Crippen LogP contribution in [0.2, 0.25) is 0 Å². The molecule has 2 aliphatic heterocycles. The van der Waals surface area contributed by atoms with Crippen molar-refractivity contribution in [2.24, 2.45) is 0 Å². The number of pyridine rings is 1. The lowest BCUT2D eigenvalue weighted by molar-refractivity contribution is 0.0695. The Morgan fingerprint density at radius 2 is 1.95 bits per heavy atom. The van der Waals surface area contributed by atoms with Gasteiger partial charge in [-0.3, -0.25) is 4.98 Å². The lowest BCUT2D eigenvalue weighted by Crippen LogP contribution is -2.51. The van der Waals surface area contributed by atoms with Crippen molar-refractivity contribution in [2.45, 2.75) is 25.7 Å². The lowest BCUT2D eigenvalue weighted by atomic mass is 9.95. The quantitative estimate of drug-likeness (QED) is 0.836. The summed E-state index contributed by atoms with van der Waals surface area (Å²) in [5.74, 6) is 0.185. The van der Waals surface area contributed by atoms with E-state index in [1.165, 1.54) is 0 Å². The van der Waals surface area contributed by atoms with Crippen molar-refractivity contribution in [1.82, 2.24) is 13.6 Å². The van der Waals surface area contributed by atoms with Gasteiger partial charge in [0, 0.05) is 43.5 Å². The van der Waals surface area contributed by atoms with E-state index < -0.39 is 10.2 Å². The summed E-state index contributed by atoms with van der Waals surface area (Å²) < 4.78 is 33.9. The van der Waals surface area contributed by atoms with Crippen molar-refractivity contribution >= 4 is 10.2 Å². The molecule has 2 fully saturated rings. The standard InChI is InChI=1S/C15H23N3O3S/c1-13-4-2-6-15(16-13)14-5-3-7-18(12-14)22(19,20)17-8-10-21-11-9-17/h2,4,6,14H,3,5,7-12H2,1H3/t14-/m1/s1. The number of ether oxygens (including phenoxy) is 1. The van der Waals surface area contributed by atoms with Gasteiger partial charge in [-0.1, -0.05) is 6.07 Å². The molecular formula is C15H23N3O3S. The fraction of sp³-hybridized carbons (Fsp3) is 0.667. The summed E-state index contributed by atoms with van der Waals surface area (Å²) in [5.41, 5.74) is 1.98. The van der Waals surface area contributed by atoms with Crippen LogP contribution in [0.5, 0.6) is 0 Å². The minimum atomic E-state index is -3.38. The number of aromatic nitrogens is 1. The number of morpholine rings is 1. The first kappa shape index (κ1) is 15.9. The van der Waals surface area contributed by atoms with Crippen LogP contribution in [0.25, 0.3) is 0 Å². The van der Waals surface area contributed by atoms with Crippen LogP contribution in [0.4, 0.5) is 0 Å². The predicted molar refractivity (Wildman–Crippen MR) is 83.8 cm³/mol. The van der Waals surface area contributed by atoms with E-state index in [0.717, 1.165) is 24.2 Å². The van der Waals surface area contributed by atoms with Crippen LogP contribution in [-0.2, 0) is 14.9 Å². The summed E-state index contributed by atoms with van der Waals surface area (Å²) in [5, 5.41) is 0. The van der Waals surface area contributed by atoms with Crippen LogP contribution in [-0.4, -0.2) is 61.4 Å². The van der Waals surface area contributed by atoms with E-state index in [1.807, 2.05) is 25.1 Å². The molecule has 0 radical (unpaired) electrons. The fourth-order valence-electron chi connectivity index (χ4n) is 3.13. The van der Waals surface area contributed by atoms with E-state index >= 15 is 0 Å². The highest BCUT2D eigenvalue weighted by atomic mass is 32.2. The van der Waals surface area contributed by atoms with E-state index in [2.05, 4.69) is 4.98 Å². The summed E-state index contributed by atoms with van der Waals surface area (Å²) in [7, 11) is -3.38. The second kappa shape index (κ2) is 6.62. The van der Waals surface area contributed by atoms with Crippen LogP contribution in [0.15, 0.2) is 18.2 Å². The maximum absolute atomic E-state index is 12.8. The molecule has 0 aliphatic carbocycles. The number of rotatable bonds is 3. The highest BCUT2D eigenvalue weighted by Gasteiger charge is 2.35. The first-order valence-electron chi connectivity index (χ1n) is 7.84. The van der Waals surface area contributed by atoms with Crippen LogP contribution in [0.1, 0.15) is 30.1 Å². The molecule has 0 bridgehead atoms. The van der Waals surface area contributed by atoms with E-state index in [4.69, 9.17) is 4.74 Å². The molecule has 0 spiro atoms. The smallest absolute Gasteiger partial charge is 0.282 e. The third-order valence-electron chi connectivity index (χ3n) is 4.33. The van der Waals surface area contributed by atoms with Crippen LogP contribution < -0.4 is 0 Å². The molecule has 0 unspecified atom stereocenters. The monoisotopic (exact) mass is 325 g/mol. The number of nitrogens with zero attached hydrogens (tertiary/aromatic N) is 3.